The van der Waals surface area contributed by atoms with Crippen molar-refractivity contribution >= 4 is 17.4 Å². The summed E-state index contributed by atoms with van der Waals surface area (Å²) < 4.78 is 59.5. The molecule has 0 amide bonds. The van der Waals surface area contributed by atoms with Gasteiger partial charge in [-0.15, -0.1) is 11.8 Å². The minimum Gasteiger partial charge on any atom is -0.369 e. The highest BCUT2D eigenvalue weighted by Crippen LogP contribution is 2.45. The van der Waals surface area contributed by atoms with Crippen LogP contribution in [0.4, 0.5) is 23.2 Å². The Morgan fingerprint density at radius 1 is 1.24 bits per heavy atom. The maximum Gasteiger partial charge on any atom is 0.411 e. The molecule has 5 rings (SSSR count). The van der Waals surface area contributed by atoms with Crippen LogP contribution < -0.4 is 4.90 Å². The first kappa shape index (κ1) is 22.9. The van der Waals surface area contributed by atoms with Crippen LogP contribution in [0, 0.1) is 5.82 Å². The summed E-state index contributed by atoms with van der Waals surface area (Å²) in [6, 6.07) is 2.67. The molecule has 0 bridgehead atoms. The molecule has 3 atom stereocenters. The summed E-state index contributed by atoms with van der Waals surface area (Å²) in [6.07, 6.45) is 6.30. The second-order valence-corrected chi connectivity index (χ2v) is 9.25. The molecule has 2 aliphatic rings. The summed E-state index contributed by atoms with van der Waals surface area (Å²) in [5.74, 6) is -0.500. The van der Waals surface area contributed by atoms with Crippen LogP contribution in [0.2, 0.25) is 0 Å². The molecular weight excluding hydrogens is 472 g/mol. The predicted octanol–water partition coefficient (Wildman–Crippen LogP) is 5.59. The van der Waals surface area contributed by atoms with Crippen LogP contribution in [0.5, 0.6) is 0 Å². The average Bonchev–Trinajstić information content (AvgIpc) is 3.57. The number of nitrogens with zero attached hydrogens (tertiary/aromatic N) is 5. The van der Waals surface area contributed by atoms with Crippen LogP contribution in [0.3, 0.4) is 0 Å². The Morgan fingerprint density at radius 3 is 2.88 bits per heavy atom. The zero-order valence-electron chi connectivity index (χ0n) is 18.0. The van der Waals surface area contributed by atoms with E-state index < -0.39 is 24.7 Å². The van der Waals surface area contributed by atoms with Gasteiger partial charge in [0.1, 0.15) is 23.4 Å². The number of hydrogen-bond donors (Lipinski definition) is 1. The molecule has 1 saturated carbocycles. The number of aromatic amines is 1. The topological polar surface area (TPSA) is 71.9 Å². The third kappa shape index (κ3) is 4.83. The molecule has 0 spiro atoms. The van der Waals surface area contributed by atoms with E-state index in [0.717, 1.165) is 12.0 Å². The fourth-order valence-electron chi connectivity index (χ4n) is 4.37. The summed E-state index contributed by atoms with van der Waals surface area (Å²) in [5.41, 5.74) is 2.09. The zero-order chi connectivity index (χ0) is 23.7. The number of ether oxygens (including phenoxy) is 1. The Hall–Kier alpha value is -2.86. The smallest absolute Gasteiger partial charge is 0.369 e. The van der Waals surface area contributed by atoms with E-state index in [0.29, 0.717) is 30.6 Å². The Labute approximate surface area is 197 Å². The molecule has 4 heterocycles. The molecule has 1 fully saturated rings. The van der Waals surface area contributed by atoms with Gasteiger partial charge in [-0.3, -0.25) is 14.8 Å². The summed E-state index contributed by atoms with van der Waals surface area (Å²) in [4.78, 5) is 6.20. The first-order chi connectivity index (χ1) is 16.4. The van der Waals surface area contributed by atoms with E-state index >= 15 is 0 Å². The minimum atomic E-state index is -4.36. The lowest BCUT2D eigenvalue weighted by Crippen LogP contribution is -2.29. The normalized spacial score (nSPS) is 23.1. The SMILES string of the molecule is Fc1cccnc1-c1nn([C@H]2CCC[C@H](OCC(F)(F)F)C2)cc1N1C=CSC1c1cn[nH]c1. The number of thioether (sulfide) groups is 1. The van der Waals surface area contributed by atoms with Gasteiger partial charge in [0.15, 0.2) is 5.82 Å². The third-order valence-electron chi connectivity index (χ3n) is 5.91. The highest BCUT2D eigenvalue weighted by Gasteiger charge is 2.34. The number of pyridine rings is 1. The van der Waals surface area contributed by atoms with Crippen molar-refractivity contribution in [2.24, 2.45) is 0 Å². The van der Waals surface area contributed by atoms with Crippen molar-refractivity contribution in [3.8, 4) is 11.4 Å². The molecule has 3 aromatic heterocycles. The summed E-state index contributed by atoms with van der Waals surface area (Å²) in [5, 5.41) is 13.4. The monoisotopic (exact) mass is 494 g/mol. The fourth-order valence-corrected chi connectivity index (χ4v) is 5.32. The van der Waals surface area contributed by atoms with Crippen LogP contribution in [0.1, 0.15) is 42.7 Å². The number of alkyl halides is 3. The van der Waals surface area contributed by atoms with Gasteiger partial charge in [0.2, 0.25) is 0 Å². The Balaban J connectivity index is 1.48. The lowest BCUT2D eigenvalue weighted by Gasteiger charge is -2.29. The van der Waals surface area contributed by atoms with Gasteiger partial charge in [-0.2, -0.15) is 23.4 Å². The average molecular weight is 495 g/mol. The molecule has 0 radical (unpaired) electrons. The van der Waals surface area contributed by atoms with Gasteiger partial charge >= 0.3 is 6.18 Å². The molecule has 0 aromatic carbocycles. The molecule has 1 unspecified atom stereocenters. The van der Waals surface area contributed by atoms with Crippen molar-refractivity contribution in [1.82, 2.24) is 25.0 Å². The summed E-state index contributed by atoms with van der Waals surface area (Å²) in [7, 11) is 0. The lowest BCUT2D eigenvalue weighted by molar-refractivity contribution is -0.189. The van der Waals surface area contributed by atoms with Crippen LogP contribution in [0.25, 0.3) is 11.4 Å². The van der Waals surface area contributed by atoms with E-state index in [1.54, 1.807) is 28.8 Å². The Morgan fingerprint density at radius 2 is 2.12 bits per heavy atom. The third-order valence-corrected chi connectivity index (χ3v) is 6.95. The molecule has 1 N–H and O–H groups in total. The van der Waals surface area contributed by atoms with Gasteiger partial charge in [0.05, 0.1) is 24.0 Å². The number of nitrogens with one attached hydrogen (secondary N) is 1. The van der Waals surface area contributed by atoms with Gasteiger partial charge in [-0.1, -0.05) is 0 Å². The second-order valence-electron chi connectivity index (χ2n) is 8.26. The molecular formula is C22H22F4N6OS. The van der Waals surface area contributed by atoms with Crippen molar-refractivity contribution in [1.29, 1.82) is 0 Å². The second kappa shape index (κ2) is 9.41. The largest absolute Gasteiger partial charge is 0.411 e. The van der Waals surface area contributed by atoms with Gasteiger partial charge in [-0.25, -0.2) is 4.39 Å². The van der Waals surface area contributed by atoms with Gasteiger partial charge in [-0.05, 0) is 43.2 Å². The number of hydrogen-bond acceptors (Lipinski definition) is 6. The highest BCUT2D eigenvalue weighted by atomic mass is 32.2. The van der Waals surface area contributed by atoms with Gasteiger partial charge in [0, 0.05) is 30.4 Å². The standard InChI is InChI=1S/C22H22F4N6OS/c23-17-5-2-6-27-19(17)20-18(31-7-8-34-21(31)14-10-28-29-11-14)12-32(30-20)15-3-1-4-16(9-15)33-13-22(24,25)26/h2,5-8,10-12,15-16,21H,1,3-4,9,13H2,(H,28,29)/t15-,16-,21?/m0/s1. The van der Waals surface area contributed by atoms with E-state index in [2.05, 4.69) is 15.2 Å². The van der Waals surface area contributed by atoms with Gasteiger partial charge in [0.25, 0.3) is 0 Å². The predicted molar refractivity (Wildman–Crippen MR) is 119 cm³/mol. The van der Waals surface area contributed by atoms with Crippen LogP contribution >= 0.6 is 11.8 Å². The van der Waals surface area contributed by atoms with Crippen molar-refractivity contribution in [3.63, 3.8) is 0 Å². The Kier molecular flexibility index (Phi) is 6.34. The quantitative estimate of drug-likeness (QED) is 0.451. The number of aromatic nitrogens is 5. The summed E-state index contributed by atoms with van der Waals surface area (Å²) >= 11 is 1.57. The van der Waals surface area contributed by atoms with E-state index in [1.165, 1.54) is 18.3 Å². The van der Waals surface area contributed by atoms with Crippen LogP contribution in [-0.4, -0.2) is 43.8 Å². The van der Waals surface area contributed by atoms with Crippen LogP contribution in [0.15, 0.2) is 48.5 Å². The number of anilines is 1. The molecule has 7 nitrogen and oxygen atoms in total. The Bertz CT molecular complexity index is 1150. The molecule has 1 aliphatic heterocycles. The molecule has 0 saturated heterocycles. The molecule has 34 heavy (non-hydrogen) atoms. The molecule has 180 valence electrons. The fraction of sp³-hybridized carbons (Fsp3) is 0.409. The van der Waals surface area contributed by atoms with Crippen molar-refractivity contribution < 1.29 is 22.3 Å². The van der Waals surface area contributed by atoms with Gasteiger partial charge < -0.3 is 9.64 Å². The van der Waals surface area contributed by atoms with Crippen molar-refractivity contribution in [3.05, 3.63) is 59.9 Å². The first-order valence-electron chi connectivity index (χ1n) is 10.9. The molecule has 3 aromatic rings. The van der Waals surface area contributed by atoms with Crippen molar-refractivity contribution in [2.75, 3.05) is 11.5 Å². The number of halogens is 4. The summed E-state index contributed by atoms with van der Waals surface area (Å²) in [6.45, 7) is -1.26. The zero-order valence-corrected chi connectivity index (χ0v) is 18.8. The minimum absolute atomic E-state index is 0.119. The van der Waals surface area contributed by atoms with E-state index in [4.69, 9.17) is 9.84 Å². The number of rotatable bonds is 6. The van der Waals surface area contributed by atoms with Crippen molar-refractivity contribution in [2.45, 2.75) is 49.4 Å². The van der Waals surface area contributed by atoms with E-state index in [9.17, 15) is 17.6 Å². The maximum atomic E-state index is 14.7. The molecule has 1 aliphatic carbocycles. The maximum absolute atomic E-state index is 14.7. The number of H-pyrrole nitrogens is 1. The lowest BCUT2D eigenvalue weighted by atomic mass is 9.93. The molecule has 12 heteroatoms. The van der Waals surface area contributed by atoms with E-state index in [1.807, 2.05) is 22.7 Å². The van der Waals surface area contributed by atoms with E-state index in [-0.39, 0.29) is 17.1 Å². The van der Waals surface area contributed by atoms with Crippen LogP contribution in [-0.2, 0) is 4.74 Å². The highest BCUT2D eigenvalue weighted by molar-refractivity contribution is 8.02. The first-order valence-corrected chi connectivity index (χ1v) is 11.8.